The number of nitrogens with one attached hydrogen (secondary N) is 2. The minimum absolute atomic E-state index is 0.257. The van der Waals surface area contributed by atoms with Crippen LogP contribution in [0.25, 0.3) is 0 Å². The monoisotopic (exact) mass is 478 g/mol. The van der Waals surface area contributed by atoms with Crippen LogP contribution in [0.3, 0.4) is 0 Å². The van der Waals surface area contributed by atoms with Gasteiger partial charge in [-0.2, -0.15) is 0 Å². The van der Waals surface area contributed by atoms with Gasteiger partial charge in [0.2, 0.25) is 5.91 Å². The molecule has 0 atom stereocenters. The number of fused-ring (bicyclic) bond motifs is 1. The van der Waals surface area contributed by atoms with E-state index in [0.29, 0.717) is 21.4 Å². The summed E-state index contributed by atoms with van der Waals surface area (Å²) in [7, 11) is 0. The van der Waals surface area contributed by atoms with E-state index in [1.807, 2.05) is 0 Å². The van der Waals surface area contributed by atoms with Gasteiger partial charge in [0.25, 0.3) is 17.7 Å². The van der Waals surface area contributed by atoms with E-state index < -0.39 is 24.3 Å². The Labute approximate surface area is 185 Å². The maximum absolute atomic E-state index is 12.5. The highest BCUT2D eigenvalue weighted by Gasteiger charge is 2.36. The molecule has 1 aromatic heterocycles. The third-order valence-corrected chi connectivity index (χ3v) is 5.06. The van der Waals surface area contributed by atoms with Crippen LogP contribution in [0.4, 0.5) is 11.4 Å². The summed E-state index contributed by atoms with van der Waals surface area (Å²) in [5, 5.41) is 5.37. The summed E-state index contributed by atoms with van der Waals surface area (Å²) in [4.78, 5) is 54.5. The van der Waals surface area contributed by atoms with Crippen molar-refractivity contribution in [1.82, 2.24) is 9.88 Å². The molecule has 0 fully saturated rings. The van der Waals surface area contributed by atoms with Crippen molar-refractivity contribution in [2.75, 3.05) is 17.2 Å². The number of hydrogen-bond donors (Lipinski definition) is 2. The second-order valence-electron chi connectivity index (χ2n) is 6.71. The Morgan fingerprint density at radius 1 is 0.903 bits per heavy atom. The molecule has 1 aliphatic rings. The molecule has 4 amide bonds. The Morgan fingerprint density at radius 3 is 2.39 bits per heavy atom. The van der Waals surface area contributed by atoms with E-state index in [1.165, 1.54) is 6.20 Å². The van der Waals surface area contributed by atoms with Gasteiger partial charge >= 0.3 is 0 Å². The molecule has 0 radical (unpaired) electrons. The number of rotatable bonds is 5. The Morgan fingerprint density at radius 2 is 1.65 bits per heavy atom. The van der Waals surface area contributed by atoms with Crippen molar-refractivity contribution in [2.45, 2.75) is 0 Å². The molecular formula is C22H15BrN4O4. The van der Waals surface area contributed by atoms with Crippen LogP contribution in [0, 0.1) is 0 Å². The van der Waals surface area contributed by atoms with Crippen LogP contribution in [0.5, 0.6) is 0 Å². The molecule has 3 aromatic rings. The van der Waals surface area contributed by atoms with Crippen molar-refractivity contribution in [3.05, 3.63) is 88.2 Å². The molecule has 0 saturated heterocycles. The van der Waals surface area contributed by atoms with Crippen molar-refractivity contribution < 1.29 is 19.2 Å². The Kier molecular flexibility index (Phi) is 5.59. The van der Waals surface area contributed by atoms with Crippen LogP contribution in [-0.2, 0) is 4.79 Å². The van der Waals surface area contributed by atoms with E-state index in [0.717, 1.165) is 4.90 Å². The van der Waals surface area contributed by atoms with Gasteiger partial charge in [0.15, 0.2) is 0 Å². The number of hydrogen-bond acceptors (Lipinski definition) is 5. The van der Waals surface area contributed by atoms with E-state index in [2.05, 4.69) is 31.5 Å². The molecule has 154 valence electrons. The van der Waals surface area contributed by atoms with Crippen molar-refractivity contribution >= 4 is 50.9 Å². The Balaban J connectivity index is 1.42. The molecule has 2 heterocycles. The third kappa shape index (κ3) is 4.36. The number of amides is 4. The number of benzene rings is 2. The highest BCUT2D eigenvalue weighted by Crippen LogP contribution is 2.26. The SMILES string of the molecule is O=C(CN1C(=O)c2ccc(Br)cc2C1=O)Nc1cccc(NC(=O)c2cccnc2)c1. The average Bonchev–Trinajstić information content (AvgIpc) is 2.98. The summed E-state index contributed by atoms with van der Waals surface area (Å²) in [5.74, 6) is -1.91. The summed E-state index contributed by atoms with van der Waals surface area (Å²) in [6.45, 7) is -0.420. The number of pyridine rings is 1. The quantitative estimate of drug-likeness (QED) is 0.546. The topological polar surface area (TPSA) is 108 Å². The third-order valence-electron chi connectivity index (χ3n) is 4.56. The van der Waals surface area contributed by atoms with Crippen molar-refractivity contribution in [2.24, 2.45) is 0 Å². The predicted octanol–water partition coefficient (Wildman–Crippen LogP) is 3.33. The minimum atomic E-state index is -0.538. The van der Waals surface area contributed by atoms with Crippen molar-refractivity contribution in [3.63, 3.8) is 0 Å². The van der Waals surface area contributed by atoms with Gasteiger partial charge in [-0.1, -0.05) is 22.0 Å². The van der Waals surface area contributed by atoms with E-state index in [-0.39, 0.29) is 17.0 Å². The van der Waals surface area contributed by atoms with E-state index >= 15 is 0 Å². The normalized spacial score (nSPS) is 12.5. The summed E-state index contributed by atoms with van der Waals surface area (Å²) in [6, 6.07) is 14.6. The van der Waals surface area contributed by atoms with Gasteiger partial charge in [-0.3, -0.25) is 29.1 Å². The van der Waals surface area contributed by atoms with Gasteiger partial charge in [0, 0.05) is 28.2 Å². The number of anilines is 2. The number of carbonyl (C=O) groups excluding carboxylic acids is 4. The van der Waals surface area contributed by atoms with Gasteiger partial charge in [0.05, 0.1) is 16.7 Å². The lowest BCUT2D eigenvalue weighted by molar-refractivity contribution is -0.116. The number of nitrogens with zero attached hydrogens (tertiary/aromatic N) is 2. The molecule has 0 unspecified atom stereocenters. The Bertz CT molecular complexity index is 1210. The first kappa shape index (κ1) is 20.4. The zero-order valence-electron chi connectivity index (χ0n) is 16.0. The van der Waals surface area contributed by atoms with Gasteiger partial charge in [-0.05, 0) is 48.5 Å². The standard InChI is InChI=1S/C22H15BrN4O4/c23-14-6-7-17-18(9-14)22(31)27(21(17)30)12-19(28)25-15-4-1-5-16(10-15)26-20(29)13-3-2-8-24-11-13/h1-11H,12H2,(H,25,28)(H,26,29). The molecule has 1 aliphatic heterocycles. The van der Waals surface area contributed by atoms with E-state index in [4.69, 9.17) is 0 Å². The molecule has 8 nitrogen and oxygen atoms in total. The van der Waals surface area contributed by atoms with Gasteiger partial charge in [-0.15, -0.1) is 0 Å². The molecular weight excluding hydrogens is 464 g/mol. The van der Waals surface area contributed by atoms with Crippen LogP contribution >= 0.6 is 15.9 Å². The first-order valence-electron chi connectivity index (χ1n) is 9.19. The second kappa shape index (κ2) is 8.49. The lowest BCUT2D eigenvalue weighted by Crippen LogP contribution is -2.37. The smallest absolute Gasteiger partial charge is 0.262 e. The fourth-order valence-electron chi connectivity index (χ4n) is 3.13. The molecule has 31 heavy (non-hydrogen) atoms. The number of imide groups is 1. The van der Waals surface area contributed by atoms with Gasteiger partial charge in [0.1, 0.15) is 6.54 Å². The molecule has 0 aliphatic carbocycles. The fourth-order valence-corrected chi connectivity index (χ4v) is 3.49. The van der Waals surface area contributed by atoms with Crippen LogP contribution < -0.4 is 10.6 Å². The zero-order chi connectivity index (χ0) is 22.0. The van der Waals surface area contributed by atoms with Crippen LogP contribution in [0.2, 0.25) is 0 Å². The molecule has 2 N–H and O–H groups in total. The van der Waals surface area contributed by atoms with Gasteiger partial charge < -0.3 is 10.6 Å². The van der Waals surface area contributed by atoms with Crippen LogP contribution in [-0.4, -0.2) is 40.1 Å². The number of halogens is 1. The highest BCUT2D eigenvalue weighted by atomic mass is 79.9. The maximum atomic E-state index is 12.5. The fraction of sp³-hybridized carbons (Fsp3) is 0.0455. The zero-order valence-corrected chi connectivity index (χ0v) is 17.5. The number of aromatic nitrogens is 1. The largest absolute Gasteiger partial charge is 0.324 e. The molecule has 0 spiro atoms. The predicted molar refractivity (Wildman–Crippen MR) is 117 cm³/mol. The minimum Gasteiger partial charge on any atom is -0.324 e. The average molecular weight is 479 g/mol. The molecule has 9 heteroatoms. The van der Waals surface area contributed by atoms with Crippen LogP contribution in [0.1, 0.15) is 31.1 Å². The lowest BCUT2D eigenvalue weighted by Gasteiger charge is -2.14. The molecule has 2 aromatic carbocycles. The first-order chi connectivity index (χ1) is 14.9. The first-order valence-corrected chi connectivity index (χ1v) is 9.99. The van der Waals surface area contributed by atoms with E-state index in [9.17, 15) is 19.2 Å². The van der Waals surface area contributed by atoms with E-state index in [1.54, 1.807) is 60.8 Å². The van der Waals surface area contributed by atoms with Crippen molar-refractivity contribution in [1.29, 1.82) is 0 Å². The molecule has 0 saturated carbocycles. The van der Waals surface area contributed by atoms with Crippen molar-refractivity contribution in [3.8, 4) is 0 Å². The molecule has 0 bridgehead atoms. The second-order valence-corrected chi connectivity index (χ2v) is 7.63. The summed E-state index contributed by atoms with van der Waals surface area (Å²) in [6.07, 6.45) is 3.02. The van der Waals surface area contributed by atoms with Gasteiger partial charge in [-0.25, -0.2) is 0 Å². The lowest BCUT2D eigenvalue weighted by atomic mass is 10.1. The summed E-state index contributed by atoms with van der Waals surface area (Å²) in [5.41, 5.74) is 1.80. The molecule has 4 rings (SSSR count). The Hall–Kier alpha value is -3.85. The maximum Gasteiger partial charge on any atom is 0.262 e. The van der Waals surface area contributed by atoms with Crippen LogP contribution in [0.15, 0.2) is 71.5 Å². The number of carbonyl (C=O) groups is 4. The summed E-state index contributed by atoms with van der Waals surface area (Å²) >= 11 is 3.27. The summed E-state index contributed by atoms with van der Waals surface area (Å²) < 4.78 is 0.670. The highest BCUT2D eigenvalue weighted by molar-refractivity contribution is 9.10.